The average molecular weight is 366 g/mol. The lowest BCUT2D eigenvalue weighted by Crippen LogP contribution is -2.21. The minimum Gasteiger partial charge on any atom is -0.326 e. The van der Waals surface area contributed by atoms with Crippen molar-refractivity contribution in [3.8, 4) is 0 Å². The van der Waals surface area contributed by atoms with Crippen LogP contribution in [0.15, 0.2) is 42.5 Å². The van der Waals surface area contributed by atoms with Crippen LogP contribution < -0.4 is 10.8 Å². The maximum Gasteiger partial charge on any atom is 0.243 e. The summed E-state index contributed by atoms with van der Waals surface area (Å²) in [5.74, 6) is -1.20. The molecule has 7 heteroatoms. The average Bonchev–Trinajstić information content (AvgIpc) is 2.69. The van der Waals surface area contributed by atoms with Crippen molar-refractivity contribution in [1.29, 1.82) is 0 Å². The molecule has 0 aromatic heterocycles. The maximum atomic E-state index is 12.7. The predicted molar refractivity (Wildman–Crippen MR) is 96.8 cm³/mol. The Balaban J connectivity index is 1.68. The van der Waals surface area contributed by atoms with Gasteiger partial charge in [0, 0.05) is 40.8 Å². The Morgan fingerprint density at radius 1 is 0.778 bits per heavy atom. The molecule has 3 N–H and O–H groups in total. The summed E-state index contributed by atoms with van der Waals surface area (Å²) < 4.78 is 0. The number of hydrogen-bond donors (Lipinski definition) is 3. The van der Waals surface area contributed by atoms with Crippen LogP contribution >= 0.6 is 0 Å². The number of amides is 2. The second kappa shape index (κ2) is 7.92. The third kappa shape index (κ3) is 3.93. The van der Waals surface area contributed by atoms with Gasteiger partial charge in [-0.1, -0.05) is 24.3 Å². The second-order valence-corrected chi connectivity index (χ2v) is 6.25. The molecule has 0 saturated heterocycles. The molecule has 3 rings (SSSR count). The normalized spacial score (nSPS) is 12.2. The number of anilines is 1. The second-order valence-electron chi connectivity index (χ2n) is 6.25. The van der Waals surface area contributed by atoms with Crippen molar-refractivity contribution in [3.63, 3.8) is 0 Å². The zero-order valence-electron chi connectivity index (χ0n) is 14.5. The standard InChI is InChI=1S/C20H18N2O5/c23-17(7-3-4-8-18(24)22-27)21-12-9-10-15-16(11-12)20(26)14-6-2-1-5-13(14)19(15)25/h1-2,5-6,9-11,27H,3-4,7-8H2,(H,21,23)(H,22,24). The first-order chi connectivity index (χ1) is 13.0. The molecular formula is C20H18N2O5. The molecule has 0 heterocycles. The highest BCUT2D eigenvalue weighted by Gasteiger charge is 2.29. The number of hydrogen-bond acceptors (Lipinski definition) is 5. The summed E-state index contributed by atoms with van der Waals surface area (Å²) in [6, 6.07) is 11.3. The first-order valence-electron chi connectivity index (χ1n) is 8.56. The number of ketones is 2. The predicted octanol–water partition coefficient (Wildman–Crippen LogP) is 2.47. The molecular weight excluding hydrogens is 348 g/mol. The number of benzene rings is 2. The summed E-state index contributed by atoms with van der Waals surface area (Å²) in [5.41, 5.74) is 3.32. The van der Waals surface area contributed by atoms with Crippen molar-refractivity contribution in [3.05, 3.63) is 64.7 Å². The number of nitrogens with one attached hydrogen (secondary N) is 2. The van der Waals surface area contributed by atoms with Gasteiger partial charge < -0.3 is 5.32 Å². The minimum atomic E-state index is -0.492. The van der Waals surface area contributed by atoms with Gasteiger partial charge >= 0.3 is 0 Å². The van der Waals surface area contributed by atoms with E-state index in [9.17, 15) is 19.2 Å². The van der Waals surface area contributed by atoms with E-state index in [1.165, 1.54) is 11.5 Å². The van der Waals surface area contributed by atoms with Gasteiger partial charge in [-0.25, -0.2) is 5.48 Å². The number of carbonyl (C=O) groups excluding carboxylic acids is 4. The van der Waals surface area contributed by atoms with Crippen molar-refractivity contribution in [2.45, 2.75) is 25.7 Å². The summed E-state index contributed by atoms with van der Waals surface area (Å²) in [7, 11) is 0. The van der Waals surface area contributed by atoms with Gasteiger partial charge in [-0.2, -0.15) is 0 Å². The Morgan fingerprint density at radius 2 is 1.33 bits per heavy atom. The molecule has 2 aromatic rings. The Morgan fingerprint density at radius 3 is 1.96 bits per heavy atom. The molecule has 7 nitrogen and oxygen atoms in total. The van der Waals surface area contributed by atoms with Crippen molar-refractivity contribution in [1.82, 2.24) is 5.48 Å². The number of rotatable bonds is 6. The largest absolute Gasteiger partial charge is 0.326 e. The van der Waals surface area contributed by atoms with Crippen LogP contribution in [-0.4, -0.2) is 28.6 Å². The van der Waals surface area contributed by atoms with Gasteiger partial charge in [0.2, 0.25) is 11.8 Å². The molecule has 27 heavy (non-hydrogen) atoms. The monoisotopic (exact) mass is 366 g/mol. The third-order valence-electron chi connectivity index (χ3n) is 4.39. The van der Waals surface area contributed by atoms with Gasteiger partial charge in [-0.15, -0.1) is 0 Å². The summed E-state index contributed by atoms with van der Waals surface area (Å²) in [4.78, 5) is 48.2. The van der Waals surface area contributed by atoms with Gasteiger partial charge in [0.05, 0.1) is 0 Å². The van der Waals surface area contributed by atoms with Crippen LogP contribution in [0.4, 0.5) is 5.69 Å². The van der Waals surface area contributed by atoms with E-state index in [4.69, 9.17) is 5.21 Å². The fourth-order valence-electron chi connectivity index (χ4n) is 3.03. The molecule has 2 amide bonds. The van der Waals surface area contributed by atoms with E-state index >= 15 is 0 Å². The van der Waals surface area contributed by atoms with Gasteiger partial charge in [0.1, 0.15) is 0 Å². The quantitative estimate of drug-likeness (QED) is 0.352. The van der Waals surface area contributed by atoms with Gasteiger partial charge in [0.25, 0.3) is 0 Å². The molecule has 0 unspecified atom stereocenters. The highest BCUT2D eigenvalue weighted by molar-refractivity contribution is 6.28. The molecule has 2 aromatic carbocycles. The molecule has 1 aliphatic carbocycles. The van der Waals surface area contributed by atoms with E-state index in [-0.39, 0.29) is 35.9 Å². The van der Waals surface area contributed by atoms with E-state index in [2.05, 4.69) is 5.32 Å². The fourth-order valence-corrected chi connectivity index (χ4v) is 3.03. The van der Waals surface area contributed by atoms with Gasteiger partial charge in [-0.05, 0) is 31.0 Å². The Labute approximate surface area is 155 Å². The molecule has 0 spiro atoms. The minimum absolute atomic E-state index is 0.138. The van der Waals surface area contributed by atoms with Crippen LogP contribution in [0.2, 0.25) is 0 Å². The van der Waals surface area contributed by atoms with Crippen LogP contribution in [0.25, 0.3) is 0 Å². The summed E-state index contributed by atoms with van der Waals surface area (Å²) in [6.45, 7) is 0. The summed E-state index contributed by atoms with van der Waals surface area (Å²) in [5, 5.41) is 11.1. The Hall–Kier alpha value is -3.32. The number of fused-ring (bicyclic) bond motifs is 2. The van der Waals surface area contributed by atoms with Crippen LogP contribution in [0, 0.1) is 0 Å². The lowest BCUT2D eigenvalue weighted by molar-refractivity contribution is -0.129. The van der Waals surface area contributed by atoms with Crippen molar-refractivity contribution in [2.75, 3.05) is 5.32 Å². The van der Waals surface area contributed by atoms with Crippen molar-refractivity contribution >= 4 is 29.1 Å². The molecule has 0 aliphatic heterocycles. The maximum absolute atomic E-state index is 12.7. The summed E-state index contributed by atoms with van der Waals surface area (Å²) >= 11 is 0. The highest BCUT2D eigenvalue weighted by Crippen LogP contribution is 2.29. The molecule has 0 fully saturated rings. The molecule has 1 aliphatic rings. The lowest BCUT2D eigenvalue weighted by Gasteiger charge is -2.18. The number of hydroxylamine groups is 1. The molecule has 0 radical (unpaired) electrons. The first-order valence-corrected chi connectivity index (χ1v) is 8.56. The Bertz CT molecular complexity index is 936. The van der Waals surface area contributed by atoms with Gasteiger partial charge in [0.15, 0.2) is 11.6 Å². The van der Waals surface area contributed by atoms with E-state index in [1.54, 1.807) is 36.4 Å². The van der Waals surface area contributed by atoms with E-state index in [0.717, 1.165) is 0 Å². The van der Waals surface area contributed by atoms with Crippen molar-refractivity contribution < 1.29 is 24.4 Å². The molecule has 0 bridgehead atoms. The molecule has 138 valence electrons. The fraction of sp³-hybridized carbons (Fsp3) is 0.200. The zero-order valence-corrected chi connectivity index (χ0v) is 14.5. The van der Waals surface area contributed by atoms with Crippen LogP contribution in [0.5, 0.6) is 0 Å². The molecule has 0 atom stereocenters. The van der Waals surface area contributed by atoms with E-state index in [1.807, 2.05) is 0 Å². The SMILES string of the molecule is O=C(CCCCC(=O)Nc1ccc2c(c1)C(=O)c1ccccc1C2=O)NO. The first kappa shape index (κ1) is 18.5. The number of unbranched alkanes of at least 4 members (excludes halogenated alkanes) is 1. The van der Waals surface area contributed by atoms with Crippen LogP contribution in [0.1, 0.15) is 57.5 Å². The Kier molecular flexibility index (Phi) is 5.42. The topological polar surface area (TPSA) is 113 Å². The molecule has 0 saturated carbocycles. The van der Waals surface area contributed by atoms with Crippen molar-refractivity contribution in [2.24, 2.45) is 0 Å². The third-order valence-corrected chi connectivity index (χ3v) is 4.39. The smallest absolute Gasteiger partial charge is 0.243 e. The van der Waals surface area contributed by atoms with E-state index < -0.39 is 5.91 Å². The zero-order chi connectivity index (χ0) is 19.4. The number of carbonyl (C=O) groups is 4. The van der Waals surface area contributed by atoms with Gasteiger partial charge in [-0.3, -0.25) is 24.4 Å². The summed E-state index contributed by atoms with van der Waals surface area (Å²) in [6.07, 6.45) is 1.28. The lowest BCUT2D eigenvalue weighted by atomic mass is 9.84. The van der Waals surface area contributed by atoms with Crippen LogP contribution in [-0.2, 0) is 9.59 Å². The highest BCUT2D eigenvalue weighted by atomic mass is 16.5. The van der Waals surface area contributed by atoms with Crippen LogP contribution in [0.3, 0.4) is 0 Å². The van der Waals surface area contributed by atoms with E-state index in [0.29, 0.717) is 35.2 Å².